The number of carbonyl (C=O) groups is 2. The first-order valence-electron chi connectivity index (χ1n) is 11.0. The first-order valence-corrected chi connectivity index (χ1v) is 11.0. The number of anilines is 1. The van der Waals surface area contributed by atoms with Crippen LogP contribution in [0.2, 0.25) is 0 Å². The van der Waals surface area contributed by atoms with E-state index in [1.54, 1.807) is 6.92 Å². The molecule has 8 heteroatoms. The largest absolute Gasteiger partial charge is 0.408 e. The third-order valence-electron chi connectivity index (χ3n) is 6.61. The molecule has 0 radical (unpaired) electrons. The van der Waals surface area contributed by atoms with Crippen molar-refractivity contribution in [1.29, 1.82) is 0 Å². The highest BCUT2D eigenvalue weighted by molar-refractivity contribution is 5.85. The number of fused-ring (bicyclic) bond motifs is 1. The zero-order valence-corrected chi connectivity index (χ0v) is 17.8. The van der Waals surface area contributed by atoms with Crippen LogP contribution < -0.4 is 10.2 Å². The Kier molecular flexibility index (Phi) is 5.53. The van der Waals surface area contributed by atoms with E-state index in [-0.39, 0.29) is 17.7 Å². The number of rotatable bonds is 6. The first-order chi connectivity index (χ1) is 13.9. The van der Waals surface area contributed by atoms with Gasteiger partial charge in [0.05, 0.1) is 5.41 Å². The lowest BCUT2D eigenvalue weighted by molar-refractivity contribution is -0.135. The summed E-state index contributed by atoms with van der Waals surface area (Å²) in [5.74, 6) is 1.88. The summed E-state index contributed by atoms with van der Waals surface area (Å²) in [6, 6.07) is 0.477. The maximum absolute atomic E-state index is 13.4. The van der Waals surface area contributed by atoms with Gasteiger partial charge in [-0.25, -0.2) is 0 Å². The number of aromatic nitrogens is 2. The maximum Gasteiger partial charge on any atom is 0.318 e. The van der Waals surface area contributed by atoms with E-state index in [0.29, 0.717) is 49.8 Å². The van der Waals surface area contributed by atoms with E-state index < -0.39 is 5.41 Å². The van der Waals surface area contributed by atoms with Gasteiger partial charge in [0.25, 0.3) is 0 Å². The molecule has 3 aliphatic rings. The van der Waals surface area contributed by atoms with Crippen molar-refractivity contribution in [3.63, 3.8) is 0 Å². The molecule has 2 amide bonds. The van der Waals surface area contributed by atoms with Gasteiger partial charge in [-0.2, -0.15) is 0 Å². The molecule has 160 valence electrons. The van der Waals surface area contributed by atoms with E-state index in [2.05, 4.69) is 29.4 Å². The average molecular weight is 404 g/mol. The summed E-state index contributed by atoms with van der Waals surface area (Å²) in [5.41, 5.74) is -0.510. The second-order valence-electron chi connectivity index (χ2n) is 9.53. The molecule has 0 unspecified atom stereocenters. The number of hydrogen-bond acceptors (Lipinski definition) is 6. The molecule has 1 aliphatic carbocycles. The fraction of sp³-hybridized carbons (Fsp3) is 0.810. The van der Waals surface area contributed by atoms with E-state index in [4.69, 9.17) is 4.42 Å². The van der Waals surface area contributed by atoms with E-state index >= 15 is 0 Å². The van der Waals surface area contributed by atoms with Crippen LogP contribution in [0.4, 0.5) is 6.01 Å². The highest BCUT2D eigenvalue weighted by Gasteiger charge is 2.54. The van der Waals surface area contributed by atoms with Crippen LogP contribution in [0.3, 0.4) is 0 Å². The lowest BCUT2D eigenvalue weighted by atomic mass is 9.74. The number of aryl methyl sites for hydroxylation is 1. The Morgan fingerprint density at radius 3 is 2.72 bits per heavy atom. The van der Waals surface area contributed by atoms with E-state index in [9.17, 15) is 9.59 Å². The minimum Gasteiger partial charge on any atom is -0.408 e. The van der Waals surface area contributed by atoms with Crippen molar-refractivity contribution in [2.75, 3.05) is 37.6 Å². The van der Waals surface area contributed by atoms with Crippen LogP contribution in [0.5, 0.6) is 0 Å². The summed E-state index contributed by atoms with van der Waals surface area (Å²) >= 11 is 0. The van der Waals surface area contributed by atoms with Crippen molar-refractivity contribution in [1.82, 2.24) is 20.4 Å². The lowest BCUT2D eigenvalue weighted by Gasteiger charge is -2.32. The second kappa shape index (κ2) is 7.95. The number of amides is 2. The van der Waals surface area contributed by atoms with Crippen molar-refractivity contribution in [2.24, 2.45) is 23.2 Å². The highest BCUT2D eigenvalue weighted by Crippen LogP contribution is 2.44. The minimum absolute atomic E-state index is 0.0625. The summed E-state index contributed by atoms with van der Waals surface area (Å²) in [4.78, 5) is 30.2. The zero-order chi connectivity index (χ0) is 20.6. The summed E-state index contributed by atoms with van der Waals surface area (Å²) in [7, 11) is 0. The van der Waals surface area contributed by atoms with Gasteiger partial charge in [0.2, 0.25) is 17.7 Å². The molecule has 0 bridgehead atoms. The fourth-order valence-corrected chi connectivity index (χ4v) is 4.80. The molecule has 3 fully saturated rings. The maximum atomic E-state index is 13.4. The Hall–Kier alpha value is -2.12. The molecule has 8 nitrogen and oxygen atoms in total. The van der Waals surface area contributed by atoms with Crippen molar-refractivity contribution in [2.45, 2.75) is 52.9 Å². The minimum atomic E-state index is -0.510. The fourth-order valence-electron chi connectivity index (χ4n) is 4.80. The van der Waals surface area contributed by atoms with Crippen LogP contribution in [0.15, 0.2) is 4.42 Å². The number of likely N-dealkylation sites (tertiary alicyclic amines) is 1. The summed E-state index contributed by atoms with van der Waals surface area (Å²) in [5, 5.41) is 11.4. The second-order valence-corrected chi connectivity index (χ2v) is 9.53. The Bertz CT molecular complexity index is 759. The monoisotopic (exact) mass is 403 g/mol. The third-order valence-corrected chi connectivity index (χ3v) is 6.61. The van der Waals surface area contributed by atoms with E-state index in [0.717, 1.165) is 25.9 Å². The van der Waals surface area contributed by atoms with Crippen LogP contribution in [-0.2, 0) is 9.59 Å². The summed E-state index contributed by atoms with van der Waals surface area (Å²) in [6.45, 7) is 9.26. The average Bonchev–Trinajstić information content (AvgIpc) is 3.34. The molecular formula is C21H33N5O3. The molecular weight excluding hydrogens is 370 g/mol. The molecule has 1 N–H and O–H groups in total. The number of carbonyl (C=O) groups excluding carboxylic acids is 2. The normalized spacial score (nSPS) is 27.1. The van der Waals surface area contributed by atoms with Gasteiger partial charge in [-0.1, -0.05) is 18.9 Å². The Morgan fingerprint density at radius 1 is 1.28 bits per heavy atom. The van der Waals surface area contributed by atoms with Crippen LogP contribution >= 0.6 is 0 Å². The van der Waals surface area contributed by atoms with Crippen molar-refractivity contribution < 1.29 is 14.0 Å². The molecule has 0 spiro atoms. The highest BCUT2D eigenvalue weighted by atomic mass is 16.4. The molecule has 0 aromatic carbocycles. The summed E-state index contributed by atoms with van der Waals surface area (Å²) < 4.78 is 5.66. The van der Waals surface area contributed by atoms with Gasteiger partial charge in [0, 0.05) is 52.0 Å². The molecule has 29 heavy (non-hydrogen) atoms. The van der Waals surface area contributed by atoms with Gasteiger partial charge in [-0.05, 0) is 37.5 Å². The quantitative estimate of drug-likeness (QED) is 0.781. The third kappa shape index (κ3) is 4.26. The first kappa shape index (κ1) is 20.2. The number of hydrogen-bond donors (Lipinski definition) is 1. The van der Waals surface area contributed by atoms with Crippen LogP contribution in [0, 0.1) is 30.1 Å². The predicted molar refractivity (Wildman–Crippen MR) is 108 cm³/mol. The van der Waals surface area contributed by atoms with Gasteiger partial charge in [-0.15, -0.1) is 5.10 Å². The smallest absolute Gasteiger partial charge is 0.318 e. The SMILES string of the molecule is Cc1nnc(N2C[C@H]3CN(C(=O)CC(C)C)CCC[C@@]3(C(=O)NCC3CC3)C2)o1. The number of nitrogens with one attached hydrogen (secondary N) is 1. The Morgan fingerprint density at radius 2 is 2.07 bits per heavy atom. The molecule has 1 aromatic heterocycles. The summed E-state index contributed by atoms with van der Waals surface area (Å²) in [6.07, 6.45) is 4.60. The van der Waals surface area contributed by atoms with Crippen LogP contribution in [-0.4, -0.2) is 59.6 Å². The topological polar surface area (TPSA) is 91.6 Å². The van der Waals surface area contributed by atoms with Gasteiger partial charge in [0.15, 0.2) is 0 Å². The van der Waals surface area contributed by atoms with Crippen LogP contribution in [0.1, 0.15) is 51.8 Å². The predicted octanol–water partition coefficient (Wildman–Crippen LogP) is 2.00. The molecule has 2 saturated heterocycles. The Balaban J connectivity index is 1.55. The van der Waals surface area contributed by atoms with Gasteiger partial charge in [0.1, 0.15) is 0 Å². The van der Waals surface area contributed by atoms with Gasteiger partial charge < -0.3 is 19.5 Å². The van der Waals surface area contributed by atoms with E-state index in [1.165, 1.54) is 12.8 Å². The molecule has 2 aliphatic heterocycles. The molecule has 4 rings (SSSR count). The van der Waals surface area contributed by atoms with Crippen molar-refractivity contribution in [3.8, 4) is 0 Å². The van der Waals surface area contributed by atoms with Crippen molar-refractivity contribution in [3.05, 3.63) is 5.89 Å². The zero-order valence-electron chi connectivity index (χ0n) is 17.8. The number of nitrogens with zero attached hydrogens (tertiary/aromatic N) is 4. The van der Waals surface area contributed by atoms with Crippen LogP contribution in [0.25, 0.3) is 0 Å². The van der Waals surface area contributed by atoms with Crippen molar-refractivity contribution >= 4 is 17.8 Å². The Labute approximate surface area is 172 Å². The molecule has 1 saturated carbocycles. The molecule has 1 aromatic rings. The molecule has 2 atom stereocenters. The molecule has 3 heterocycles. The van der Waals surface area contributed by atoms with E-state index in [1.807, 2.05) is 9.80 Å². The standard InChI is InChI=1S/C21H33N5O3/c1-14(2)9-18(27)25-8-4-7-21(19(28)22-10-16-5-6-16)13-26(12-17(21)11-25)20-24-23-15(3)29-20/h14,16-17H,4-13H2,1-3H3,(H,22,28)/t17-,21-/m1/s1. The lowest BCUT2D eigenvalue weighted by Crippen LogP contribution is -2.48. The van der Waals surface area contributed by atoms with Gasteiger partial charge >= 0.3 is 6.01 Å². The van der Waals surface area contributed by atoms with Gasteiger partial charge in [-0.3, -0.25) is 9.59 Å².